The molecule has 1 saturated heterocycles. The topological polar surface area (TPSA) is 47.4 Å². The van der Waals surface area contributed by atoms with Gasteiger partial charge < -0.3 is 14.2 Å². The summed E-state index contributed by atoms with van der Waals surface area (Å²) in [5.74, 6) is 2.09. The Morgan fingerprint density at radius 2 is 1.92 bits per heavy atom. The second-order valence-corrected chi connectivity index (χ2v) is 6.44. The fourth-order valence-corrected chi connectivity index (χ4v) is 3.48. The molecule has 0 bridgehead atoms. The van der Waals surface area contributed by atoms with Gasteiger partial charge >= 0.3 is 0 Å². The van der Waals surface area contributed by atoms with Crippen LogP contribution in [-0.2, 0) is 11.8 Å². The van der Waals surface area contributed by atoms with E-state index in [-0.39, 0.29) is 18.4 Å². The second-order valence-electron chi connectivity index (χ2n) is 6.44. The summed E-state index contributed by atoms with van der Waals surface area (Å²) in [5.41, 5.74) is 2.15. The number of nitrogens with zero attached hydrogens (tertiary/aromatic N) is 3. The lowest BCUT2D eigenvalue weighted by Gasteiger charge is -2.17. The van der Waals surface area contributed by atoms with Crippen LogP contribution in [0.4, 0.5) is 0 Å². The molecule has 1 unspecified atom stereocenters. The van der Waals surface area contributed by atoms with E-state index < -0.39 is 0 Å². The number of ether oxygens (including phenoxy) is 1. The average Bonchev–Trinajstić information content (AvgIpc) is 3.26. The van der Waals surface area contributed by atoms with Crippen LogP contribution in [0.15, 0.2) is 54.6 Å². The Bertz CT molecular complexity index is 888. The summed E-state index contributed by atoms with van der Waals surface area (Å²) < 4.78 is 7.73. The number of likely N-dealkylation sites (tertiary alicyclic amines) is 1. The van der Waals surface area contributed by atoms with Crippen LogP contribution >= 0.6 is 0 Å². The van der Waals surface area contributed by atoms with Gasteiger partial charge in [0.15, 0.2) is 6.61 Å². The lowest BCUT2D eigenvalue weighted by atomic mass is 10.1. The molecule has 1 atom stereocenters. The van der Waals surface area contributed by atoms with Crippen LogP contribution in [0, 0.1) is 0 Å². The molecule has 1 amide bonds. The van der Waals surface area contributed by atoms with Crippen molar-refractivity contribution in [1.29, 1.82) is 0 Å². The number of carbonyl (C=O) groups is 1. The van der Waals surface area contributed by atoms with E-state index in [0.717, 1.165) is 35.6 Å². The van der Waals surface area contributed by atoms with Gasteiger partial charge in [0, 0.05) is 26.1 Å². The summed E-state index contributed by atoms with van der Waals surface area (Å²) in [6.07, 6.45) is 0.939. The van der Waals surface area contributed by atoms with E-state index in [0.29, 0.717) is 6.54 Å². The first kappa shape index (κ1) is 15.7. The van der Waals surface area contributed by atoms with E-state index in [1.54, 1.807) is 0 Å². The van der Waals surface area contributed by atoms with Gasteiger partial charge in [-0.25, -0.2) is 4.98 Å². The van der Waals surface area contributed by atoms with Gasteiger partial charge in [-0.15, -0.1) is 0 Å². The summed E-state index contributed by atoms with van der Waals surface area (Å²) >= 11 is 0. The highest BCUT2D eigenvalue weighted by atomic mass is 16.5. The lowest BCUT2D eigenvalue weighted by molar-refractivity contribution is -0.132. The van der Waals surface area contributed by atoms with E-state index in [1.165, 1.54) is 0 Å². The van der Waals surface area contributed by atoms with E-state index in [1.807, 2.05) is 60.5 Å². The molecule has 0 radical (unpaired) electrons. The molecule has 1 fully saturated rings. The third kappa shape index (κ3) is 3.09. The first-order chi connectivity index (χ1) is 12.2. The van der Waals surface area contributed by atoms with E-state index in [4.69, 9.17) is 9.72 Å². The number of fused-ring (bicyclic) bond motifs is 1. The molecule has 1 aliphatic rings. The Balaban J connectivity index is 1.42. The average molecular weight is 335 g/mol. The molecule has 0 aliphatic carbocycles. The number of hydrogen-bond donors (Lipinski definition) is 0. The standard InChI is InChI=1S/C20H21N3O2/c1-22-18-10-6-5-9-17(18)21-20(22)15-11-12-23(13-15)19(24)14-25-16-7-3-2-4-8-16/h2-10,15H,11-14H2,1H3. The number of amides is 1. The molecule has 0 saturated carbocycles. The molecular formula is C20H21N3O2. The predicted octanol–water partition coefficient (Wildman–Crippen LogP) is 2.97. The van der Waals surface area contributed by atoms with Gasteiger partial charge in [0.2, 0.25) is 0 Å². The quantitative estimate of drug-likeness (QED) is 0.736. The number of carbonyl (C=O) groups excluding carboxylic acids is 1. The van der Waals surface area contributed by atoms with Gasteiger partial charge in [-0.2, -0.15) is 0 Å². The number of aromatic nitrogens is 2. The lowest BCUT2D eigenvalue weighted by Crippen LogP contribution is -2.33. The van der Waals surface area contributed by atoms with Gasteiger partial charge in [0.1, 0.15) is 11.6 Å². The molecule has 25 heavy (non-hydrogen) atoms. The van der Waals surface area contributed by atoms with Crippen LogP contribution in [-0.4, -0.2) is 40.1 Å². The first-order valence-corrected chi connectivity index (χ1v) is 8.59. The Morgan fingerprint density at radius 3 is 2.72 bits per heavy atom. The summed E-state index contributed by atoms with van der Waals surface area (Å²) in [6, 6.07) is 17.6. The number of hydrogen-bond acceptors (Lipinski definition) is 3. The predicted molar refractivity (Wildman–Crippen MR) is 96.6 cm³/mol. The van der Waals surface area contributed by atoms with E-state index in [2.05, 4.69) is 10.6 Å². The molecular weight excluding hydrogens is 314 g/mol. The summed E-state index contributed by atoms with van der Waals surface area (Å²) in [7, 11) is 2.05. The van der Waals surface area contributed by atoms with Crippen LogP contribution in [0.25, 0.3) is 11.0 Å². The van der Waals surface area contributed by atoms with Crippen molar-refractivity contribution < 1.29 is 9.53 Å². The van der Waals surface area contributed by atoms with Gasteiger partial charge in [-0.3, -0.25) is 4.79 Å². The molecule has 1 aliphatic heterocycles. The molecule has 5 heteroatoms. The van der Waals surface area contributed by atoms with Gasteiger partial charge in [0.05, 0.1) is 11.0 Å². The maximum absolute atomic E-state index is 12.4. The van der Waals surface area contributed by atoms with E-state index in [9.17, 15) is 4.79 Å². The van der Waals surface area contributed by atoms with Crippen molar-refractivity contribution in [3.8, 4) is 5.75 Å². The van der Waals surface area contributed by atoms with Crippen molar-refractivity contribution in [2.75, 3.05) is 19.7 Å². The van der Waals surface area contributed by atoms with Gasteiger partial charge in [-0.1, -0.05) is 30.3 Å². The second kappa shape index (κ2) is 6.59. The molecule has 1 aromatic heterocycles. The van der Waals surface area contributed by atoms with Crippen molar-refractivity contribution in [2.45, 2.75) is 12.3 Å². The molecule has 3 aromatic rings. The highest BCUT2D eigenvalue weighted by Crippen LogP contribution is 2.28. The minimum atomic E-state index is 0.0325. The number of aryl methyl sites for hydroxylation is 1. The van der Waals surface area contributed by atoms with Crippen LogP contribution < -0.4 is 4.74 Å². The smallest absolute Gasteiger partial charge is 0.260 e. The zero-order chi connectivity index (χ0) is 17.2. The number of imidazole rings is 1. The van der Waals surface area contributed by atoms with Crippen molar-refractivity contribution in [2.24, 2.45) is 7.05 Å². The Kier molecular flexibility index (Phi) is 4.14. The monoisotopic (exact) mass is 335 g/mol. The zero-order valence-electron chi connectivity index (χ0n) is 14.3. The largest absolute Gasteiger partial charge is 0.484 e. The SMILES string of the molecule is Cn1c(C2CCN(C(=O)COc3ccccc3)C2)nc2ccccc21. The van der Waals surface area contributed by atoms with Gasteiger partial charge in [-0.05, 0) is 30.7 Å². The summed E-state index contributed by atoms with van der Waals surface area (Å²) in [6.45, 7) is 1.54. The fraction of sp³-hybridized carbons (Fsp3) is 0.300. The molecule has 128 valence electrons. The van der Waals surface area contributed by atoms with Crippen molar-refractivity contribution in [3.05, 3.63) is 60.4 Å². The third-order valence-electron chi connectivity index (χ3n) is 4.83. The molecule has 0 spiro atoms. The number of para-hydroxylation sites is 3. The zero-order valence-corrected chi connectivity index (χ0v) is 14.3. The summed E-state index contributed by atoms with van der Waals surface area (Å²) in [5, 5.41) is 0. The highest BCUT2D eigenvalue weighted by molar-refractivity contribution is 5.78. The summed E-state index contributed by atoms with van der Waals surface area (Å²) in [4.78, 5) is 19.1. The molecule has 2 aromatic carbocycles. The fourth-order valence-electron chi connectivity index (χ4n) is 3.48. The van der Waals surface area contributed by atoms with E-state index >= 15 is 0 Å². The Morgan fingerprint density at radius 1 is 1.16 bits per heavy atom. The number of benzene rings is 2. The molecule has 5 nitrogen and oxygen atoms in total. The maximum atomic E-state index is 12.4. The molecule has 0 N–H and O–H groups in total. The third-order valence-corrected chi connectivity index (χ3v) is 4.83. The number of rotatable bonds is 4. The Hall–Kier alpha value is -2.82. The molecule has 4 rings (SSSR count). The van der Waals surface area contributed by atoms with Crippen molar-refractivity contribution in [3.63, 3.8) is 0 Å². The molecule has 2 heterocycles. The normalized spacial score (nSPS) is 17.2. The van der Waals surface area contributed by atoms with Crippen LogP contribution in [0.5, 0.6) is 5.75 Å². The van der Waals surface area contributed by atoms with Crippen molar-refractivity contribution >= 4 is 16.9 Å². The van der Waals surface area contributed by atoms with Crippen LogP contribution in [0.1, 0.15) is 18.2 Å². The van der Waals surface area contributed by atoms with Crippen LogP contribution in [0.3, 0.4) is 0 Å². The maximum Gasteiger partial charge on any atom is 0.260 e. The highest BCUT2D eigenvalue weighted by Gasteiger charge is 2.30. The minimum Gasteiger partial charge on any atom is -0.484 e. The Labute approximate surface area is 146 Å². The van der Waals surface area contributed by atoms with Gasteiger partial charge in [0.25, 0.3) is 5.91 Å². The van der Waals surface area contributed by atoms with Crippen molar-refractivity contribution in [1.82, 2.24) is 14.5 Å². The van der Waals surface area contributed by atoms with Crippen LogP contribution in [0.2, 0.25) is 0 Å². The first-order valence-electron chi connectivity index (χ1n) is 8.59. The minimum absolute atomic E-state index is 0.0325.